The van der Waals surface area contributed by atoms with Crippen LogP contribution in [0.15, 0.2) is 11.6 Å². The van der Waals surface area contributed by atoms with E-state index in [0.717, 1.165) is 38.5 Å². The molecule has 0 aromatic carbocycles. The van der Waals surface area contributed by atoms with Crippen LogP contribution in [0.5, 0.6) is 0 Å². The van der Waals surface area contributed by atoms with Gasteiger partial charge in [0, 0.05) is 25.0 Å². The second-order valence-electron chi connectivity index (χ2n) is 12.2. The Bertz CT molecular complexity index is 898. The molecule has 6 heteroatoms. The van der Waals surface area contributed by atoms with Gasteiger partial charge in [-0.25, -0.2) is 0 Å². The predicted molar refractivity (Wildman–Crippen MR) is 139 cm³/mol. The first-order chi connectivity index (χ1) is 16.5. The summed E-state index contributed by atoms with van der Waals surface area (Å²) < 4.78 is 5.37. The maximum atomic E-state index is 12.4. The van der Waals surface area contributed by atoms with Crippen molar-refractivity contribution in [2.75, 3.05) is 6.61 Å². The minimum atomic E-state index is -0.770. The molecule has 0 radical (unpaired) electrons. The monoisotopic (exact) mass is 504 g/mol. The molecule has 196 valence electrons. The van der Waals surface area contributed by atoms with Gasteiger partial charge in [-0.3, -0.25) is 14.4 Å². The van der Waals surface area contributed by atoms with E-state index in [1.54, 1.807) is 6.92 Å². The molecule has 5 nitrogen and oxygen atoms in total. The van der Waals surface area contributed by atoms with Gasteiger partial charge in [0.2, 0.25) is 0 Å². The van der Waals surface area contributed by atoms with E-state index in [9.17, 15) is 19.5 Å². The van der Waals surface area contributed by atoms with Gasteiger partial charge in [0.25, 0.3) is 0 Å². The Morgan fingerprint density at radius 3 is 2.57 bits per heavy atom. The average Bonchev–Trinajstić information content (AvgIpc) is 3.06. The zero-order valence-corrected chi connectivity index (χ0v) is 23.0. The number of hydrogen-bond acceptors (Lipinski definition) is 6. The molecule has 0 aromatic heterocycles. The Hall–Kier alpha value is -1.14. The van der Waals surface area contributed by atoms with Crippen molar-refractivity contribution in [3.8, 4) is 0 Å². The molecule has 4 aliphatic carbocycles. The van der Waals surface area contributed by atoms with Crippen LogP contribution in [-0.2, 0) is 19.1 Å². The molecule has 8 atom stereocenters. The number of fused-ring (bicyclic) bond motifs is 5. The summed E-state index contributed by atoms with van der Waals surface area (Å²) in [6, 6.07) is 0. The first-order valence-electron chi connectivity index (χ1n) is 13.8. The van der Waals surface area contributed by atoms with Gasteiger partial charge in [-0.1, -0.05) is 45.0 Å². The lowest BCUT2D eigenvalue weighted by Gasteiger charge is -2.62. The summed E-state index contributed by atoms with van der Waals surface area (Å²) in [6.07, 6.45) is 9.71. The topological polar surface area (TPSA) is 80.7 Å². The summed E-state index contributed by atoms with van der Waals surface area (Å²) in [5.41, 5.74) is 0.286. The highest BCUT2D eigenvalue weighted by atomic mass is 32.2. The largest absolute Gasteiger partial charge is 0.466 e. The lowest BCUT2D eigenvalue weighted by molar-refractivity contribution is -0.147. The van der Waals surface area contributed by atoms with Crippen LogP contribution in [0.25, 0.3) is 0 Å². The average molecular weight is 505 g/mol. The molecular weight excluding hydrogens is 460 g/mol. The molecule has 0 bridgehead atoms. The molecule has 3 fully saturated rings. The van der Waals surface area contributed by atoms with Gasteiger partial charge in [0.1, 0.15) is 0 Å². The minimum Gasteiger partial charge on any atom is -0.466 e. The summed E-state index contributed by atoms with van der Waals surface area (Å²) in [7, 11) is 0. The number of hydrogen-bond donors (Lipinski definition) is 1. The fourth-order valence-electron chi connectivity index (χ4n) is 8.62. The third kappa shape index (κ3) is 4.56. The molecule has 0 aliphatic heterocycles. The van der Waals surface area contributed by atoms with Crippen LogP contribution in [-0.4, -0.2) is 39.4 Å². The third-order valence-electron chi connectivity index (χ3n) is 10.5. The molecule has 0 unspecified atom stereocenters. The van der Waals surface area contributed by atoms with Crippen molar-refractivity contribution >= 4 is 28.6 Å². The van der Waals surface area contributed by atoms with Crippen LogP contribution in [0, 0.1) is 34.5 Å². The maximum absolute atomic E-state index is 12.4. The number of ether oxygens (including phenoxy) is 1. The SMILES string of the molecule is CCCC(=O)OCCC[C@]1(O)CC[C@H]2[C@@H]3[C@H](SC(C)=O)[C@H](C)C4=CC(=O)CC[C@]4(C)[C@H]3CC[C@@]21C. The summed E-state index contributed by atoms with van der Waals surface area (Å²) >= 11 is 1.47. The van der Waals surface area contributed by atoms with Gasteiger partial charge in [0.15, 0.2) is 10.9 Å². The molecule has 1 N–H and O–H groups in total. The number of allylic oxidation sites excluding steroid dienone is 1. The van der Waals surface area contributed by atoms with Gasteiger partial charge in [-0.2, -0.15) is 0 Å². The standard InChI is InChI=1S/C29H44O5S/c1-6-8-24(32)34-16-7-12-29(33)15-11-22-25-21(10-14-28(22,29)5)27(4)13-9-20(31)17-23(27)18(2)26(25)35-19(3)30/h17-18,21-22,25-26,33H,6-16H2,1-5H3/t18-,21+,22+,25-,26-,27-,28+,29+/m1/s1. The van der Waals surface area contributed by atoms with Gasteiger partial charge in [-0.05, 0) is 91.9 Å². The van der Waals surface area contributed by atoms with E-state index in [4.69, 9.17) is 4.74 Å². The first-order valence-corrected chi connectivity index (χ1v) is 14.6. The van der Waals surface area contributed by atoms with Crippen LogP contribution in [0.4, 0.5) is 0 Å². The number of rotatable bonds is 7. The second kappa shape index (κ2) is 9.96. The lowest BCUT2D eigenvalue weighted by Crippen LogP contribution is -2.59. The highest BCUT2D eigenvalue weighted by Crippen LogP contribution is 2.70. The van der Waals surface area contributed by atoms with Gasteiger partial charge in [-0.15, -0.1) is 0 Å². The van der Waals surface area contributed by atoms with Crippen LogP contribution < -0.4 is 0 Å². The molecule has 0 saturated heterocycles. The summed E-state index contributed by atoms with van der Waals surface area (Å²) in [4.78, 5) is 36.5. The minimum absolute atomic E-state index is 0.00135. The zero-order valence-electron chi connectivity index (χ0n) is 22.2. The van der Waals surface area contributed by atoms with Crippen molar-refractivity contribution in [2.24, 2.45) is 34.5 Å². The fourth-order valence-corrected chi connectivity index (χ4v) is 9.89. The van der Waals surface area contributed by atoms with E-state index in [1.165, 1.54) is 17.3 Å². The van der Waals surface area contributed by atoms with Gasteiger partial charge in [0.05, 0.1) is 12.2 Å². The molecule has 0 aromatic rings. The summed E-state index contributed by atoms with van der Waals surface area (Å²) in [6.45, 7) is 10.9. The van der Waals surface area contributed by atoms with Crippen molar-refractivity contribution in [3.63, 3.8) is 0 Å². The van der Waals surface area contributed by atoms with E-state index < -0.39 is 5.60 Å². The van der Waals surface area contributed by atoms with E-state index in [2.05, 4.69) is 20.8 Å². The summed E-state index contributed by atoms with van der Waals surface area (Å²) in [5.74, 6) is 1.39. The van der Waals surface area contributed by atoms with Crippen LogP contribution in [0.3, 0.4) is 0 Å². The Kier molecular flexibility index (Phi) is 7.66. The van der Waals surface area contributed by atoms with Crippen LogP contribution in [0.1, 0.15) is 98.8 Å². The lowest BCUT2D eigenvalue weighted by atomic mass is 9.44. The van der Waals surface area contributed by atoms with Crippen molar-refractivity contribution in [1.82, 2.24) is 0 Å². The molecule has 3 saturated carbocycles. The smallest absolute Gasteiger partial charge is 0.305 e. The predicted octanol–water partition coefficient (Wildman–Crippen LogP) is 5.88. The quantitative estimate of drug-likeness (QED) is 0.345. The van der Waals surface area contributed by atoms with Gasteiger partial charge < -0.3 is 9.84 Å². The fraction of sp³-hybridized carbons (Fsp3) is 0.828. The number of carbonyl (C=O) groups is 3. The molecular formula is C29H44O5S. The van der Waals surface area contributed by atoms with Crippen molar-refractivity contribution in [3.05, 3.63) is 11.6 Å². The van der Waals surface area contributed by atoms with E-state index in [0.29, 0.717) is 50.0 Å². The van der Waals surface area contributed by atoms with Crippen molar-refractivity contribution in [2.45, 2.75) is 110 Å². The Labute approximate surface area is 215 Å². The molecule has 0 amide bonds. The van der Waals surface area contributed by atoms with Gasteiger partial charge >= 0.3 is 5.97 Å². The molecule has 35 heavy (non-hydrogen) atoms. The maximum Gasteiger partial charge on any atom is 0.305 e. The molecule has 4 rings (SSSR count). The third-order valence-corrected chi connectivity index (χ3v) is 11.8. The molecule has 0 spiro atoms. The normalized spacial score (nSPS) is 42.5. The highest BCUT2D eigenvalue weighted by molar-refractivity contribution is 8.14. The number of ketones is 1. The van der Waals surface area contributed by atoms with E-state index >= 15 is 0 Å². The molecule has 0 heterocycles. The molecule has 4 aliphatic rings. The Morgan fingerprint density at radius 2 is 1.89 bits per heavy atom. The highest BCUT2D eigenvalue weighted by Gasteiger charge is 2.66. The van der Waals surface area contributed by atoms with Crippen molar-refractivity contribution in [1.29, 1.82) is 0 Å². The Balaban J connectivity index is 1.59. The number of aliphatic hydroxyl groups is 1. The second-order valence-corrected chi connectivity index (χ2v) is 13.6. The number of carbonyl (C=O) groups excluding carboxylic acids is 3. The Morgan fingerprint density at radius 1 is 1.17 bits per heavy atom. The number of esters is 1. The zero-order chi connectivity index (χ0) is 25.6. The first kappa shape index (κ1) is 26.9. The van der Waals surface area contributed by atoms with Crippen LogP contribution in [0.2, 0.25) is 0 Å². The van der Waals surface area contributed by atoms with E-state index in [1.807, 2.05) is 13.0 Å². The van der Waals surface area contributed by atoms with E-state index in [-0.39, 0.29) is 38.9 Å². The van der Waals surface area contributed by atoms with Crippen molar-refractivity contribution < 1.29 is 24.2 Å². The summed E-state index contributed by atoms with van der Waals surface area (Å²) in [5, 5.41) is 12.3. The van der Waals surface area contributed by atoms with Crippen LogP contribution >= 0.6 is 11.8 Å². The number of thioether (sulfide) groups is 1.